The lowest BCUT2D eigenvalue weighted by atomic mass is 10.2. The van der Waals surface area contributed by atoms with E-state index in [1.165, 1.54) is 0 Å². The lowest BCUT2D eigenvalue weighted by Gasteiger charge is -2.08. The monoisotopic (exact) mass is 418 g/mol. The van der Waals surface area contributed by atoms with Crippen molar-refractivity contribution in [1.29, 1.82) is 0 Å². The molecule has 0 aliphatic heterocycles. The Hall–Kier alpha value is -3.64. The summed E-state index contributed by atoms with van der Waals surface area (Å²) in [6.07, 6.45) is 6.78. The van der Waals surface area contributed by atoms with Gasteiger partial charge < -0.3 is 9.30 Å². The molecular weight excluding hydrogens is 400 g/mol. The molecule has 0 aliphatic carbocycles. The third kappa shape index (κ3) is 4.67. The second-order valence-electron chi connectivity index (χ2n) is 6.53. The molecule has 0 spiro atoms. The van der Waals surface area contributed by atoms with Gasteiger partial charge in [0.05, 0.1) is 12.8 Å². The van der Waals surface area contributed by atoms with Crippen molar-refractivity contribution in [2.24, 2.45) is 5.10 Å². The van der Waals surface area contributed by atoms with Gasteiger partial charge in [-0.3, -0.25) is 9.78 Å². The van der Waals surface area contributed by atoms with Crippen LogP contribution in [0.4, 0.5) is 0 Å². The first-order valence-corrected chi connectivity index (χ1v) is 9.78. The van der Waals surface area contributed by atoms with Crippen LogP contribution in [0.1, 0.15) is 15.9 Å². The summed E-state index contributed by atoms with van der Waals surface area (Å²) in [5.41, 5.74) is 5.03. The van der Waals surface area contributed by atoms with Gasteiger partial charge >= 0.3 is 0 Å². The van der Waals surface area contributed by atoms with Gasteiger partial charge in [0.25, 0.3) is 5.91 Å². The smallest absolute Gasteiger partial charge is 0.271 e. The van der Waals surface area contributed by atoms with Crippen LogP contribution in [0.3, 0.4) is 0 Å². The third-order valence-corrected chi connectivity index (χ3v) is 4.80. The molecule has 2 heterocycles. The number of pyridine rings is 1. The number of aromatic nitrogens is 2. The van der Waals surface area contributed by atoms with Crippen LogP contribution >= 0.6 is 11.6 Å². The zero-order chi connectivity index (χ0) is 20.8. The molecule has 0 unspecified atom stereocenters. The highest BCUT2D eigenvalue weighted by atomic mass is 35.5. The van der Waals surface area contributed by atoms with Crippen LogP contribution < -0.4 is 10.2 Å². The van der Waals surface area contributed by atoms with E-state index < -0.39 is 0 Å². The normalized spacial score (nSPS) is 11.1. The van der Waals surface area contributed by atoms with E-state index in [1.54, 1.807) is 42.9 Å². The number of halogens is 1. The SMILES string of the molecule is O=C(N/N=C/c1cn(CCOc2ccc(Cl)cc2)c2ccccc12)c1ccncc1. The first-order valence-electron chi connectivity index (χ1n) is 9.40. The second-order valence-corrected chi connectivity index (χ2v) is 6.97. The van der Waals surface area contributed by atoms with E-state index in [-0.39, 0.29) is 5.91 Å². The molecule has 4 rings (SSSR count). The summed E-state index contributed by atoms with van der Waals surface area (Å²) >= 11 is 5.90. The van der Waals surface area contributed by atoms with Crippen LogP contribution in [-0.2, 0) is 6.54 Å². The number of hydrogen-bond donors (Lipinski definition) is 1. The number of carbonyl (C=O) groups is 1. The Bertz CT molecular complexity index is 1170. The molecule has 1 amide bonds. The van der Waals surface area contributed by atoms with E-state index in [2.05, 4.69) is 20.1 Å². The largest absolute Gasteiger partial charge is 0.492 e. The van der Waals surface area contributed by atoms with Gasteiger partial charge in [0.2, 0.25) is 0 Å². The van der Waals surface area contributed by atoms with Crippen molar-refractivity contribution in [2.45, 2.75) is 6.54 Å². The molecule has 0 saturated carbocycles. The molecule has 0 aliphatic rings. The van der Waals surface area contributed by atoms with Crippen LogP contribution in [0.15, 0.2) is 84.4 Å². The predicted octanol–water partition coefficient (Wildman–Crippen LogP) is 4.53. The van der Waals surface area contributed by atoms with Crippen LogP contribution in [-0.4, -0.2) is 28.3 Å². The van der Waals surface area contributed by atoms with Crippen molar-refractivity contribution in [3.05, 3.63) is 95.4 Å². The molecule has 2 aromatic carbocycles. The topological polar surface area (TPSA) is 68.5 Å². The Kier molecular flexibility index (Phi) is 6.06. The molecular formula is C23H19ClN4O2. The number of rotatable bonds is 7. The minimum atomic E-state index is -0.284. The number of hydrogen-bond acceptors (Lipinski definition) is 4. The van der Waals surface area contributed by atoms with Crippen molar-refractivity contribution >= 4 is 34.6 Å². The first-order chi connectivity index (χ1) is 14.7. The van der Waals surface area contributed by atoms with Crippen LogP contribution in [0.2, 0.25) is 5.02 Å². The Labute approximate surface area is 178 Å². The fraction of sp³-hybridized carbons (Fsp3) is 0.0870. The number of fused-ring (bicyclic) bond motifs is 1. The lowest BCUT2D eigenvalue weighted by Crippen LogP contribution is -2.17. The molecule has 0 radical (unpaired) electrons. The number of nitrogens with zero attached hydrogens (tertiary/aromatic N) is 3. The molecule has 0 fully saturated rings. The van der Waals surface area contributed by atoms with E-state index >= 15 is 0 Å². The average Bonchev–Trinajstić information content (AvgIpc) is 3.13. The average molecular weight is 419 g/mol. The van der Waals surface area contributed by atoms with Crippen LogP contribution in [0, 0.1) is 0 Å². The van der Waals surface area contributed by atoms with Gasteiger partial charge in [-0.15, -0.1) is 0 Å². The fourth-order valence-corrected chi connectivity index (χ4v) is 3.21. The zero-order valence-corrected chi connectivity index (χ0v) is 16.8. The van der Waals surface area contributed by atoms with Gasteiger partial charge in [0.1, 0.15) is 12.4 Å². The summed E-state index contributed by atoms with van der Waals surface area (Å²) in [5.74, 6) is 0.491. The highest BCUT2D eigenvalue weighted by Gasteiger charge is 2.07. The summed E-state index contributed by atoms with van der Waals surface area (Å²) in [7, 11) is 0. The van der Waals surface area contributed by atoms with Gasteiger partial charge in [-0.05, 0) is 42.5 Å². The molecule has 150 valence electrons. The van der Waals surface area contributed by atoms with Crippen LogP contribution in [0.5, 0.6) is 5.75 Å². The maximum absolute atomic E-state index is 12.1. The summed E-state index contributed by atoms with van der Waals surface area (Å²) < 4.78 is 7.92. The number of amides is 1. The van der Waals surface area contributed by atoms with Gasteiger partial charge in [-0.2, -0.15) is 5.10 Å². The Balaban J connectivity index is 1.45. The summed E-state index contributed by atoms with van der Waals surface area (Å²) in [6, 6.07) is 18.6. The fourth-order valence-electron chi connectivity index (χ4n) is 3.08. The van der Waals surface area contributed by atoms with E-state index in [4.69, 9.17) is 16.3 Å². The third-order valence-electron chi connectivity index (χ3n) is 4.55. The number of ether oxygens (including phenoxy) is 1. The first kappa shape index (κ1) is 19.7. The zero-order valence-electron chi connectivity index (χ0n) is 16.0. The summed E-state index contributed by atoms with van der Waals surface area (Å²) in [4.78, 5) is 16.0. The number of benzene rings is 2. The molecule has 1 N–H and O–H groups in total. The summed E-state index contributed by atoms with van der Waals surface area (Å²) in [5, 5.41) is 5.84. The lowest BCUT2D eigenvalue weighted by molar-refractivity contribution is 0.0955. The Morgan fingerprint density at radius 1 is 1.10 bits per heavy atom. The molecule has 7 heteroatoms. The van der Waals surface area contributed by atoms with Crippen molar-refractivity contribution in [1.82, 2.24) is 15.0 Å². The number of para-hydroxylation sites is 1. The minimum absolute atomic E-state index is 0.284. The molecule has 6 nitrogen and oxygen atoms in total. The number of nitrogens with one attached hydrogen (secondary N) is 1. The van der Waals surface area contributed by atoms with Gasteiger partial charge in [0, 0.05) is 45.6 Å². The van der Waals surface area contributed by atoms with E-state index in [0.29, 0.717) is 23.7 Å². The standard InChI is InChI=1S/C23H19ClN4O2/c24-19-5-7-20(8-6-19)30-14-13-28-16-18(21-3-1-2-4-22(21)28)15-26-27-23(29)17-9-11-25-12-10-17/h1-12,15-16H,13-14H2,(H,27,29)/b26-15+. The van der Waals surface area contributed by atoms with Gasteiger partial charge in [0.15, 0.2) is 0 Å². The predicted molar refractivity (Wildman–Crippen MR) is 118 cm³/mol. The van der Waals surface area contributed by atoms with Gasteiger partial charge in [-0.25, -0.2) is 5.43 Å². The molecule has 2 aromatic heterocycles. The second kappa shape index (κ2) is 9.24. The molecule has 0 saturated heterocycles. The maximum atomic E-state index is 12.1. The van der Waals surface area contributed by atoms with Crippen molar-refractivity contribution in [3.8, 4) is 5.75 Å². The van der Waals surface area contributed by atoms with E-state index in [0.717, 1.165) is 22.2 Å². The maximum Gasteiger partial charge on any atom is 0.271 e. The Morgan fingerprint density at radius 2 is 1.87 bits per heavy atom. The molecule has 0 bridgehead atoms. The molecule has 0 atom stereocenters. The van der Waals surface area contributed by atoms with E-state index in [1.807, 2.05) is 42.6 Å². The van der Waals surface area contributed by atoms with Crippen molar-refractivity contribution < 1.29 is 9.53 Å². The van der Waals surface area contributed by atoms with Crippen molar-refractivity contribution in [3.63, 3.8) is 0 Å². The van der Waals surface area contributed by atoms with Crippen molar-refractivity contribution in [2.75, 3.05) is 6.61 Å². The minimum Gasteiger partial charge on any atom is -0.492 e. The summed E-state index contributed by atoms with van der Waals surface area (Å²) in [6.45, 7) is 1.18. The number of hydrazone groups is 1. The Morgan fingerprint density at radius 3 is 2.67 bits per heavy atom. The highest BCUT2D eigenvalue weighted by molar-refractivity contribution is 6.30. The quantitative estimate of drug-likeness (QED) is 0.354. The highest BCUT2D eigenvalue weighted by Crippen LogP contribution is 2.20. The van der Waals surface area contributed by atoms with Gasteiger partial charge in [-0.1, -0.05) is 29.8 Å². The molecule has 4 aromatic rings. The van der Waals surface area contributed by atoms with Crippen LogP contribution in [0.25, 0.3) is 10.9 Å². The molecule has 30 heavy (non-hydrogen) atoms. The number of carbonyl (C=O) groups excluding carboxylic acids is 1. The van der Waals surface area contributed by atoms with E-state index in [9.17, 15) is 4.79 Å².